The van der Waals surface area contributed by atoms with Gasteiger partial charge in [0.25, 0.3) is 5.91 Å². The van der Waals surface area contributed by atoms with Crippen LogP contribution < -0.4 is 5.32 Å². The fourth-order valence-corrected chi connectivity index (χ4v) is 3.55. The van der Waals surface area contributed by atoms with Crippen LogP contribution in [0.2, 0.25) is 0 Å². The highest BCUT2D eigenvalue weighted by molar-refractivity contribution is 6.16. The number of amides is 1. The molecule has 30 heavy (non-hydrogen) atoms. The predicted molar refractivity (Wildman–Crippen MR) is 113 cm³/mol. The number of methoxy groups -OCH3 is 1. The fourth-order valence-electron chi connectivity index (χ4n) is 3.55. The van der Waals surface area contributed by atoms with Crippen LogP contribution in [-0.2, 0) is 16.0 Å². The molecule has 0 bridgehead atoms. The molecule has 0 aliphatic rings. The molecule has 4 aromatic rings. The third kappa shape index (κ3) is 3.85. The molecule has 4 rings (SSSR count). The van der Waals surface area contributed by atoms with E-state index in [1.54, 1.807) is 12.1 Å². The van der Waals surface area contributed by atoms with E-state index in [4.69, 9.17) is 4.74 Å². The molecule has 0 saturated heterocycles. The summed E-state index contributed by atoms with van der Waals surface area (Å²) in [6, 6.07) is 19.6. The third-order valence-corrected chi connectivity index (χ3v) is 4.93. The molecule has 1 N–H and O–H groups in total. The Morgan fingerprint density at radius 1 is 0.967 bits per heavy atom. The highest BCUT2D eigenvalue weighted by Gasteiger charge is 2.25. The van der Waals surface area contributed by atoms with Gasteiger partial charge in [-0.1, -0.05) is 48.5 Å². The Labute approximate surface area is 172 Å². The van der Waals surface area contributed by atoms with Crippen LogP contribution in [0.5, 0.6) is 0 Å². The Hall–Kier alpha value is -3.80. The van der Waals surface area contributed by atoms with E-state index in [-0.39, 0.29) is 6.42 Å². The van der Waals surface area contributed by atoms with Crippen molar-refractivity contribution in [2.24, 2.45) is 0 Å². The maximum atomic E-state index is 13.6. The van der Waals surface area contributed by atoms with Crippen molar-refractivity contribution in [2.45, 2.75) is 12.5 Å². The second-order valence-corrected chi connectivity index (χ2v) is 6.90. The molecule has 3 aromatic carbocycles. The van der Waals surface area contributed by atoms with Gasteiger partial charge < -0.3 is 10.1 Å². The number of carbonyl (C=O) groups excluding carboxylic acids is 2. The molecule has 1 aromatic heterocycles. The molecule has 1 amide bonds. The molecule has 5 nitrogen and oxygen atoms in total. The highest BCUT2D eigenvalue weighted by Crippen LogP contribution is 2.26. The molecule has 0 aliphatic carbocycles. The van der Waals surface area contributed by atoms with Gasteiger partial charge in [-0.25, -0.2) is 14.2 Å². The lowest BCUT2D eigenvalue weighted by Crippen LogP contribution is -2.43. The first-order valence-electron chi connectivity index (χ1n) is 9.47. The van der Waals surface area contributed by atoms with Crippen molar-refractivity contribution in [3.05, 3.63) is 89.7 Å². The van der Waals surface area contributed by atoms with Crippen LogP contribution in [0.1, 0.15) is 15.9 Å². The van der Waals surface area contributed by atoms with E-state index < -0.39 is 23.7 Å². The van der Waals surface area contributed by atoms with E-state index in [1.165, 1.54) is 19.2 Å². The lowest BCUT2D eigenvalue weighted by Gasteiger charge is -2.18. The van der Waals surface area contributed by atoms with Crippen molar-refractivity contribution in [3.8, 4) is 0 Å². The second-order valence-electron chi connectivity index (χ2n) is 6.90. The smallest absolute Gasteiger partial charge is 0.328 e. The Morgan fingerprint density at radius 3 is 2.20 bits per heavy atom. The predicted octanol–water partition coefficient (Wildman–Crippen LogP) is 4.04. The number of nitrogens with one attached hydrogen (secondary N) is 1. The van der Waals surface area contributed by atoms with Gasteiger partial charge in [0.2, 0.25) is 0 Å². The molecule has 150 valence electrons. The minimum absolute atomic E-state index is 0.108. The monoisotopic (exact) mass is 402 g/mol. The summed E-state index contributed by atoms with van der Waals surface area (Å²) >= 11 is 0. The number of fused-ring (bicyclic) bond motifs is 2. The molecule has 0 unspecified atom stereocenters. The van der Waals surface area contributed by atoms with Gasteiger partial charge in [-0.3, -0.25) is 4.79 Å². The maximum Gasteiger partial charge on any atom is 0.328 e. The zero-order valence-electron chi connectivity index (χ0n) is 16.3. The van der Waals surface area contributed by atoms with Gasteiger partial charge in [0.15, 0.2) is 0 Å². The van der Waals surface area contributed by atoms with E-state index in [0.717, 1.165) is 0 Å². The SMILES string of the molecule is COC(=O)[C@H](Cc1cccc(F)c1)NC(=O)c1c2ccccc2nc2ccccc12. The van der Waals surface area contributed by atoms with Gasteiger partial charge >= 0.3 is 5.97 Å². The largest absolute Gasteiger partial charge is 0.467 e. The molecule has 0 aliphatic heterocycles. The lowest BCUT2D eigenvalue weighted by molar-refractivity contribution is -0.142. The minimum Gasteiger partial charge on any atom is -0.467 e. The van der Waals surface area contributed by atoms with Crippen LogP contribution in [0.25, 0.3) is 21.8 Å². The first kappa shape index (κ1) is 19.5. The maximum absolute atomic E-state index is 13.6. The van der Waals surface area contributed by atoms with Crippen molar-refractivity contribution in [3.63, 3.8) is 0 Å². The zero-order chi connectivity index (χ0) is 21.1. The molecule has 1 atom stereocenters. The van der Waals surface area contributed by atoms with Crippen molar-refractivity contribution >= 4 is 33.7 Å². The number of hydrogen-bond acceptors (Lipinski definition) is 4. The first-order valence-corrected chi connectivity index (χ1v) is 9.47. The lowest BCUT2D eigenvalue weighted by atomic mass is 10.0. The van der Waals surface area contributed by atoms with E-state index >= 15 is 0 Å². The summed E-state index contributed by atoms with van der Waals surface area (Å²) in [6.45, 7) is 0. The fraction of sp³-hybridized carbons (Fsp3) is 0.125. The quantitative estimate of drug-likeness (QED) is 0.404. The van der Waals surface area contributed by atoms with E-state index in [2.05, 4.69) is 10.3 Å². The summed E-state index contributed by atoms with van der Waals surface area (Å²) < 4.78 is 18.4. The molecule has 0 radical (unpaired) electrons. The van der Waals surface area contributed by atoms with Crippen LogP contribution in [0.15, 0.2) is 72.8 Å². The number of halogens is 1. The normalized spacial score (nSPS) is 11.9. The average molecular weight is 402 g/mol. The molecule has 1 heterocycles. The van der Waals surface area contributed by atoms with Gasteiger partial charge in [-0.05, 0) is 29.8 Å². The number of aromatic nitrogens is 1. The van der Waals surface area contributed by atoms with E-state index in [9.17, 15) is 14.0 Å². The molecular formula is C24H19FN2O3. The number of rotatable bonds is 5. The summed E-state index contributed by atoms with van der Waals surface area (Å²) in [7, 11) is 1.25. The van der Waals surface area contributed by atoms with Crippen LogP contribution in [0.4, 0.5) is 4.39 Å². The van der Waals surface area contributed by atoms with Gasteiger partial charge in [-0.2, -0.15) is 0 Å². The number of para-hydroxylation sites is 2. The van der Waals surface area contributed by atoms with Crippen LogP contribution >= 0.6 is 0 Å². The number of ether oxygens (including phenoxy) is 1. The van der Waals surface area contributed by atoms with E-state index in [0.29, 0.717) is 32.9 Å². The number of esters is 1. The van der Waals surface area contributed by atoms with Crippen molar-refractivity contribution in [2.75, 3.05) is 7.11 Å². The van der Waals surface area contributed by atoms with Gasteiger partial charge in [0, 0.05) is 17.2 Å². The third-order valence-electron chi connectivity index (χ3n) is 4.93. The number of benzene rings is 3. The minimum atomic E-state index is -0.963. The van der Waals surface area contributed by atoms with Gasteiger partial charge in [0.1, 0.15) is 11.9 Å². The van der Waals surface area contributed by atoms with Crippen molar-refractivity contribution in [1.29, 1.82) is 0 Å². The van der Waals surface area contributed by atoms with Crippen LogP contribution in [0, 0.1) is 5.82 Å². The molecule has 0 fully saturated rings. The van der Waals surface area contributed by atoms with Gasteiger partial charge in [-0.15, -0.1) is 0 Å². The summed E-state index contributed by atoms with van der Waals surface area (Å²) in [4.78, 5) is 30.3. The van der Waals surface area contributed by atoms with Crippen LogP contribution in [0.3, 0.4) is 0 Å². The molecule has 0 saturated carbocycles. The number of nitrogens with zero attached hydrogens (tertiary/aromatic N) is 1. The number of hydrogen-bond donors (Lipinski definition) is 1. The number of pyridine rings is 1. The number of carbonyl (C=O) groups is 2. The molecule has 0 spiro atoms. The van der Waals surface area contributed by atoms with Crippen molar-refractivity contribution in [1.82, 2.24) is 10.3 Å². The summed E-state index contributed by atoms with van der Waals surface area (Å²) in [6.07, 6.45) is 0.108. The summed E-state index contributed by atoms with van der Waals surface area (Å²) in [5, 5.41) is 4.14. The standard InChI is InChI=1S/C24H19FN2O3/c1-30-24(29)21(14-15-7-6-8-16(25)13-15)27-23(28)22-17-9-2-4-11-19(17)26-20-12-5-3-10-18(20)22/h2-13,21H,14H2,1H3,(H,27,28)/t21-/m0/s1. The topological polar surface area (TPSA) is 68.3 Å². The Kier molecular flexibility index (Phi) is 5.39. The Morgan fingerprint density at radius 2 is 1.60 bits per heavy atom. The average Bonchev–Trinajstić information content (AvgIpc) is 2.76. The van der Waals surface area contributed by atoms with Gasteiger partial charge in [0.05, 0.1) is 23.7 Å². The second kappa shape index (κ2) is 8.29. The van der Waals surface area contributed by atoms with Crippen LogP contribution in [-0.4, -0.2) is 30.0 Å². The summed E-state index contributed by atoms with van der Waals surface area (Å²) in [5.74, 6) is -1.43. The highest BCUT2D eigenvalue weighted by atomic mass is 19.1. The zero-order valence-corrected chi connectivity index (χ0v) is 16.3. The summed E-state index contributed by atoms with van der Waals surface area (Å²) in [5.41, 5.74) is 2.38. The Bertz CT molecular complexity index is 1200. The molecular weight excluding hydrogens is 383 g/mol. The van der Waals surface area contributed by atoms with Crippen molar-refractivity contribution < 1.29 is 18.7 Å². The Balaban J connectivity index is 1.75. The molecule has 6 heteroatoms. The first-order chi connectivity index (χ1) is 14.6. The van der Waals surface area contributed by atoms with E-state index in [1.807, 2.05) is 48.5 Å².